The van der Waals surface area contributed by atoms with Gasteiger partial charge in [0.1, 0.15) is 0 Å². The zero-order valence-corrected chi connectivity index (χ0v) is 13.1. The van der Waals surface area contributed by atoms with E-state index in [9.17, 15) is 0 Å². The van der Waals surface area contributed by atoms with Crippen molar-refractivity contribution in [2.45, 2.75) is 32.7 Å². The predicted molar refractivity (Wildman–Crippen MR) is 91.9 cm³/mol. The van der Waals surface area contributed by atoms with Crippen LogP contribution in [0.1, 0.15) is 31.4 Å². The van der Waals surface area contributed by atoms with Crippen molar-refractivity contribution in [3.05, 3.63) is 65.7 Å². The van der Waals surface area contributed by atoms with Gasteiger partial charge >= 0.3 is 0 Å². The molecule has 2 aromatic rings. The second kappa shape index (κ2) is 8.48. The van der Waals surface area contributed by atoms with Gasteiger partial charge in [-0.15, -0.1) is 0 Å². The highest BCUT2D eigenvalue weighted by atomic mass is 14.9. The number of rotatable bonds is 8. The summed E-state index contributed by atoms with van der Waals surface area (Å²) >= 11 is 0. The van der Waals surface area contributed by atoms with Gasteiger partial charge in [-0.25, -0.2) is 0 Å². The van der Waals surface area contributed by atoms with E-state index in [2.05, 4.69) is 79.1 Å². The van der Waals surface area contributed by atoms with E-state index in [0.717, 1.165) is 25.9 Å². The van der Waals surface area contributed by atoms with Crippen molar-refractivity contribution in [2.24, 2.45) is 0 Å². The Balaban J connectivity index is 1.94. The molecule has 0 radical (unpaired) electrons. The van der Waals surface area contributed by atoms with E-state index in [1.54, 1.807) is 0 Å². The molecule has 0 bridgehead atoms. The maximum atomic E-state index is 3.58. The first kappa shape index (κ1) is 15.6. The number of nitrogens with one attached hydrogen (secondary N) is 2. The fourth-order valence-corrected chi connectivity index (χ4v) is 2.54. The molecule has 0 heterocycles. The Morgan fingerprint density at radius 3 is 2.43 bits per heavy atom. The Morgan fingerprint density at radius 1 is 0.952 bits per heavy atom. The molecule has 2 heteroatoms. The SMILES string of the molecule is CCNC(C)CCNc1ccccc1Cc1ccccc1. The standard InChI is InChI=1S/C19H26N2/c1-3-20-16(2)13-14-21-19-12-8-7-11-18(19)15-17-9-5-4-6-10-17/h4-12,16,20-21H,3,13-15H2,1-2H3. The molecule has 0 amide bonds. The molecule has 0 saturated heterocycles. The van der Waals surface area contributed by atoms with Gasteiger partial charge in [-0.2, -0.15) is 0 Å². The van der Waals surface area contributed by atoms with E-state index in [1.807, 2.05) is 0 Å². The summed E-state index contributed by atoms with van der Waals surface area (Å²) < 4.78 is 0. The molecule has 0 saturated carbocycles. The number of para-hydroxylation sites is 1. The van der Waals surface area contributed by atoms with Crippen molar-refractivity contribution in [3.8, 4) is 0 Å². The Bertz CT molecular complexity index is 522. The summed E-state index contributed by atoms with van der Waals surface area (Å²) in [6, 6.07) is 19.8. The largest absolute Gasteiger partial charge is 0.385 e. The average molecular weight is 282 g/mol. The van der Waals surface area contributed by atoms with Gasteiger partial charge in [-0.3, -0.25) is 0 Å². The van der Waals surface area contributed by atoms with Crippen LogP contribution >= 0.6 is 0 Å². The van der Waals surface area contributed by atoms with Crippen molar-refractivity contribution >= 4 is 5.69 Å². The summed E-state index contributed by atoms with van der Waals surface area (Å²) in [7, 11) is 0. The minimum absolute atomic E-state index is 0.559. The maximum absolute atomic E-state index is 3.58. The molecule has 112 valence electrons. The predicted octanol–water partition coefficient (Wildman–Crippen LogP) is 4.08. The molecular formula is C19H26N2. The topological polar surface area (TPSA) is 24.1 Å². The minimum Gasteiger partial charge on any atom is -0.385 e. The molecule has 0 spiro atoms. The van der Waals surface area contributed by atoms with Crippen molar-refractivity contribution < 1.29 is 0 Å². The molecule has 0 aliphatic heterocycles. The Hall–Kier alpha value is -1.80. The lowest BCUT2D eigenvalue weighted by molar-refractivity contribution is 0.543. The lowest BCUT2D eigenvalue weighted by atomic mass is 10.0. The summed E-state index contributed by atoms with van der Waals surface area (Å²) in [6.07, 6.45) is 2.11. The molecule has 0 aliphatic carbocycles. The van der Waals surface area contributed by atoms with Crippen LogP contribution < -0.4 is 10.6 Å². The molecule has 1 atom stereocenters. The number of benzene rings is 2. The Morgan fingerprint density at radius 2 is 1.67 bits per heavy atom. The third-order valence-electron chi connectivity index (χ3n) is 3.70. The number of anilines is 1. The smallest absolute Gasteiger partial charge is 0.0376 e. The molecule has 0 fully saturated rings. The third kappa shape index (κ3) is 5.24. The Kier molecular flexibility index (Phi) is 6.29. The van der Waals surface area contributed by atoms with E-state index < -0.39 is 0 Å². The average Bonchev–Trinajstić information content (AvgIpc) is 2.50. The highest BCUT2D eigenvalue weighted by Crippen LogP contribution is 2.19. The maximum Gasteiger partial charge on any atom is 0.0376 e. The van der Waals surface area contributed by atoms with Crippen LogP contribution in [0.2, 0.25) is 0 Å². The highest BCUT2D eigenvalue weighted by molar-refractivity contribution is 5.52. The lowest BCUT2D eigenvalue weighted by Crippen LogP contribution is -2.27. The van der Waals surface area contributed by atoms with Crippen LogP contribution in [0, 0.1) is 0 Å². The van der Waals surface area contributed by atoms with Crippen molar-refractivity contribution in [3.63, 3.8) is 0 Å². The summed E-state index contributed by atoms with van der Waals surface area (Å²) in [5.41, 5.74) is 3.97. The van der Waals surface area contributed by atoms with Crippen LogP contribution in [0.4, 0.5) is 5.69 Å². The van der Waals surface area contributed by atoms with Crippen molar-refractivity contribution in [1.29, 1.82) is 0 Å². The quantitative estimate of drug-likeness (QED) is 0.762. The molecular weight excluding hydrogens is 256 g/mol. The molecule has 2 N–H and O–H groups in total. The van der Waals surface area contributed by atoms with E-state index in [0.29, 0.717) is 6.04 Å². The van der Waals surface area contributed by atoms with Crippen LogP contribution in [0.15, 0.2) is 54.6 Å². The summed E-state index contributed by atoms with van der Waals surface area (Å²) in [6.45, 7) is 6.42. The number of hydrogen-bond donors (Lipinski definition) is 2. The Labute approximate surface area is 128 Å². The molecule has 21 heavy (non-hydrogen) atoms. The molecule has 0 aliphatic rings. The zero-order chi connectivity index (χ0) is 14.9. The minimum atomic E-state index is 0.559. The lowest BCUT2D eigenvalue weighted by Gasteiger charge is -2.15. The van der Waals surface area contributed by atoms with Crippen LogP contribution in [0.25, 0.3) is 0 Å². The fourth-order valence-electron chi connectivity index (χ4n) is 2.54. The first-order valence-corrected chi connectivity index (χ1v) is 7.88. The van der Waals surface area contributed by atoms with Crippen molar-refractivity contribution in [2.75, 3.05) is 18.4 Å². The second-order valence-electron chi connectivity index (χ2n) is 5.49. The molecule has 0 aromatic heterocycles. The molecule has 2 aromatic carbocycles. The fraction of sp³-hybridized carbons (Fsp3) is 0.368. The first-order valence-electron chi connectivity index (χ1n) is 7.88. The van der Waals surface area contributed by atoms with Crippen LogP contribution in [-0.2, 0) is 6.42 Å². The van der Waals surface area contributed by atoms with Gasteiger partial charge in [0, 0.05) is 18.3 Å². The van der Waals surface area contributed by atoms with E-state index in [-0.39, 0.29) is 0 Å². The van der Waals surface area contributed by atoms with Crippen LogP contribution in [0.3, 0.4) is 0 Å². The highest BCUT2D eigenvalue weighted by Gasteiger charge is 2.04. The second-order valence-corrected chi connectivity index (χ2v) is 5.49. The van der Waals surface area contributed by atoms with Gasteiger partial charge in [0.05, 0.1) is 0 Å². The molecule has 2 nitrogen and oxygen atoms in total. The third-order valence-corrected chi connectivity index (χ3v) is 3.70. The van der Waals surface area contributed by atoms with Crippen molar-refractivity contribution in [1.82, 2.24) is 5.32 Å². The van der Waals surface area contributed by atoms with Gasteiger partial charge in [0.25, 0.3) is 0 Å². The summed E-state index contributed by atoms with van der Waals surface area (Å²) in [5.74, 6) is 0. The van der Waals surface area contributed by atoms with Gasteiger partial charge in [0.2, 0.25) is 0 Å². The van der Waals surface area contributed by atoms with Crippen LogP contribution in [-0.4, -0.2) is 19.1 Å². The number of hydrogen-bond acceptors (Lipinski definition) is 2. The summed E-state index contributed by atoms with van der Waals surface area (Å²) in [4.78, 5) is 0. The van der Waals surface area contributed by atoms with E-state index in [1.165, 1.54) is 16.8 Å². The van der Waals surface area contributed by atoms with Gasteiger partial charge < -0.3 is 10.6 Å². The normalized spacial score (nSPS) is 12.1. The molecule has 1 unspecified atom stereocenters. The first-order chi connectivity index (χ1) is 10.3. The monoisotopic (exact) mass is 282 g/mol. The van der Waals surface area contributed by atoms with E-state index in [4.69, 9.17) is 0 Å². The van der Waals surface area contributed by atoms with Gasteiger partial charge in [0.15, 0.2) is 0 Å². The summed E-state index contributed by atoms with van der Waals surface area (Å²) in [5, 5.41) is 7.03. The van der Waals surface area contributed by atoms with Crippen LogP contribution in [0.5, 0.6) is 0 Å². The van der Waals surface area contributed by atoms with E-state index >= 15 is 0 Å². The van der Waals surface area contributed by atoms with Gasteiger partial charge in [-0.1, -0.05) is 55.5 Å². The van der Waals surface area contributed by atoms with Gasteiger partial charge in [-0.05, 0) is 43.5 Å². The zero-order valence-electron chi connectivity index (χ0n) is 13.1. The molecule has 2 rings (SSSR count).